The Labute approximate surface area is 197 Å². The van der Waals surface area contributed by atoms with Gasteiger partial charge < -0.3 is 19.7 Å². The van der Waals surface area contributed by atoms with Gasteiger partial charge in [0.25, 0.3) is 5.91 Å². The number of fused-ring (bicyclic) bond motifs is 1. The lowest BCUT2D eigenvalue weighted by Crippen LogP contribution is -2.72. The molecule has 0 aliphatic carbocycles. The topological polar surface area (TPSA) is 69.9 Å². The third-order valence-electron chi connectivity index (χ3n) is 6.51. The first-order chi connectivity index (χ1) is 15.4. The molecule has 6 nitrogen and oxygen atoms in total. The van der Waals surface area contributed by atoms with Crippen molar-refractivity contribution in [1.29, 1.82) is 0 Å². The molecule has 168 valence electrons. The van der Waals surface area contributed by atoms with Crippen molar-refractivity contribution in [2.45, 2.75) is 37.3 Å². The number of likely N-dealkylation sites (tertiary alicyclic amines) is 1. The van der Waals surface area contributed by atoms with Crippen molar-refractivity contribution in [3.63, 3.8) is 0 Å². The van der Waals surface area contributed by atoms with E-state index in [1.165, 1.54) is 21.6 Å². The van der Waals surface area contributed by atoms with Gasteiger partial charge in [-0.25, -0.2) is 13.8 Å². The molecule has 0 spiro atoms. The number of aliphatic hydroxyl groups is 1. The SMILES string of the molecule is O=C(c1cn2ccnc2c(F)c1Cc1ccc(I)cc1F)N1CC(O)([C@@H]2CCCCN2)C1. The quantitative estimate of drug-likeness (QED) is 0.489. The van der Waals surface area contributed by atoms with Crippen LogP contribution in [-0.2, 0) is 6.42 Å². The Morgan fingerprint density at radius 3 is 2.84 bits per heavy atom. The van der Waals surface area contributed by atoms with E-state index in [0.29, 0.717) is 5.56 Å². The molecule has 2 fully saturated rings. The van der Waals surface area contributed by atoms with Crippen molar-refractivity contribution < 1.29 is 18.7 Å². The number of carbonyl (C=O) groups excluding carboxylic acids is 1. The van der Waals surface area contributed by atoms with E-state index < -0.39 is 17.2 Å². The van der Waals surface area contributed by atoms with E-state index in [0.717, 1.165) is 29.4 Å². The molecule has 1 aromatic carbocycles. The molecule has 2 aromatic heterocycles. The molecule has 0 unspecified atom stereocenters. The third-order valence-corrected chi connectivity index (χ3v) is 7.18. The minimum Gasteiger partial charge on any atom is -0.385 e. The van der Waals surface area contributed by atoms with Crippen molar-refractivity contribution in [2.75, 3.05) is 19.6 Å². The normalized spacial score (nSPS) is 20.4. The Bertz CT molecular complexity index is 1190. The van der Waals surface area contributed by atoms with E-state index in [1.807, 2.05) is 22.6 Å². The fourth-order valence-electron chi connectivity index (χ4n) is 4.73. The highest BCUT2D eigenvalue weighted by Gasteiger charge is 2.49. The second-order valence-corrected chi connectivity index (χ2v) is 9.92. The van der Waals surface area contributed by atoms with Gasteiger partial charge in [0, 0.05) is 40.2 Å². The lowest BCUT2D eigenvalue weighted by molar-refractivity contribution is -0.108. The van der Waals surface area contributed by atoms with Crippen LogP contribution >= 0.6 is 22.6 Å². The molecule has 2 saturated heterocycles. The molecule has 9 heteroatoms. The largest absolute Gasteiger partial charge is 0.385 e. The fraction of sp³-hybridized carbons (Fsp3) is 0.391. The number of hydrogen-bond donors (Lipinski definition) is 2. The summed E-state index contributed by atoms with van der Waals surface area (Å²) >= 11 is 2.01. The molecule has 3 aromatic rings. The molecule has 0 saturated carbocycles. The fourth-order valence-corrected chi connectivity index (χ4v) is 5.18. The van der Waals surface area contributed by atoms with Crippen molar-refractivity contribution in [2.24, 2.45) is 0 Å². The third kappa shape index (κ3) is 3.80. The van der Waals surface area contributed by atoms with Crippen LogP contribution < -0.4 is 5.32 Å². The molecule has 0 bridgehead atoms. The number of hydrogen-bond acceptors (Lipinski definition) is 4. The van der Waals surface area contributed by atoms with Crippen LogP contribution in [0.4, 0.5) is 8.78 Å². The smallest absolute Gasteiger partial charge is 0.255 e. The van der Waals surface area contributed by atoms with Gasteiger partial charge in [-0.2, -0.15) is 0 Å². The number of pyridine rings is 1. The van der Waals surface area contributed by atoms with Gasteiger partial charge in [-0.05, 0) is 59.7 Å². The van der Waals surface area contributed by atoms with Crippen molar-refractivity contribution in [1.82, 2.24) is 19.6 Å². The van der Waals surface area contributed by atoms with Gasteiger partial charge in [0.1, 0.15) is 11.4 Å². The van der Waals surface area contributed by atoms with Crippen LogP contribution in [0.1, 0.15) is 40.7 Å². The number of β-amino-alcohol motifs (C(OH)–C–C–N with tert-alkyl or cyclic N) is 1. The summed E-state index contributed by atoms with van der Waals surface area (Å²) in [6, 6.07) is 4.70. The van der Waals surface area contributed by atoms with E-state index in [1.54, 1.807) is 24.5 Å². The molecular formula is C23H23F2IN4O2. The van der Waals surface area contributed by atoms with Crippen LogP contribution in [0.5, 0.6) is 0 Å². The van der Waals surface area contributed by atoms with Crippen molar-refractivity contribution in [3.05, 3.63) is 68.7 Å². The molecule has 0 radical (unpaired) electrons. The summed E-state index contributed by atoms with van der Waals surface area (Å²) in [6.07, 6.45) is 7.50. The molecule has 1 atom stereocenters. The lowest BCUT2D eigenvalue weighted by Gasteiger charge is -2.51. The Hall–Kier alpha value is -2.11. The van der Waals surface area contributed by atoms with E-state index in [-0.39, 0.29) is 48.2 Å². The van der Waals surface area contributed by atoms with Gasteiger partial charge in [-0.15, -0.1) is 0 Å². The number of rotatable bonds is 4. The second kappa shape index (κ2) is 8.35. The van der Waals surface area contributed by atoms with Crippen LogP contribution in [0.2, 0.25) is 0 Å². The molecule has 4 heterocycles. The van der Waals surface area contributed by atoms with Crippen molar-refractivity contribution >= 4 is 34.1 Å². The zero-order valence-corrected chi connectivity index (χ0v) is 19.5. The zero-order chi connectivity index (χ0) is 22.5. The van der Waals surface area contributed by atoms with Gasteiger partial charge in [0.05, 0.1) is 18.7 Å². The second-order valence-electron chi connectivity index (χ2n) is 8.67. The predicted molar refractivity (Wildman–Crippen MR) is 124 cm³/mol. The standard InChI is InChI=1S/C23H23F2IN4O2/c24-18-10-15(26)5-4-14(18)9-16-17(11-29-8-7-28-21(29)20(16)25)22(31)30-12-23(32,13-30)19-3-1-2-6-27-19/h4-5,7-8,10-11,19,27,32H,1-3,6,9,12-13H2/t19-/m0/s1. The highest BCUT2D eigenvalue weighted by Crippen LogP contribution is 2.32. The monoisotopic (exact) mass is 552 g/mol. The summed E-state index contributed by atoms with van der Waals surface area (Å²) in [5, 5.41) is 14.3. The molecule has 2 aliphatic heterocycles. The predicted octanol–water partition coefficient (Wildman–Crippen LogP) is 3.14. The average Bonchev–Trinajstić information content (AvgIpc) is 3.24. The number of nitrogens with zero attached hydrogens (tertiary/aromatic N) is 3. The maximum absolute atomic E-state index is 15.4. The summed E-state index contributed by atoms with van der Waals surface area (Å²) in [6.45, 7) is 1.23. The summed E-state index contributed by atoms with van der Waals surface area (Å²) in [5.41, 5.74) is -0.310. The van der Waals surface area contributed by atoms with Crippen LogP contribution in [-0.4, -0.2) is 56.6 Å². The van der Waals surface area contributed by atoms with Crippen molar-refractivity contribution in [3.8, 4) is 0 Å². The average molecular weight is 552 g/mol. The van der Waals surface area contributed by atoms with E-state index >= 15 is 4.39 Å². The number of nitrogens with one attached hydrogen (secondary N) is 1. The van der Waals surface area contributed by atoms with Gasteiger partial charge >= 0.3 is 0 Å². The number of imidazole rings is 1. The number of amides is 1. The first-order valence-electron chi connectivity index (χ1n) is 10.7. The number of aromatic nitrogens is 2. The van der Waals surface area contributed by atoms with Crippen LogP contribution in [0, 0.1) is 15.2 Å². The van der Waals surface area contributed by atoms with Gasteiger partial charge in [0.2, 0.25) is 0 Å². The Kier molecular flexibility index (Phi) is 5.67. The summed E-state index contributed by atoms with van der Waals surface area (Å²) in [4.78, 5) is 18.9. The molecule has 2 aliphatic rings. The van der Waals surface area contributed by atoms with Gasteiger partial charge in [-0.3, -0.25) is 4.79 Å². The Balaban J connectivity index is 1.46. The zero-order valence-electron chi connectivity index (χ0n) is 17.3. The molecule has 32 heavy (non-hydrogen) atoms. The Morgan fingerprint density at radius 2 is 2.12 bits per heavy atom. The van der Waals surface area contributed by atoms with E-state index in [2.05, 4.69) is 10.3 Å². The lowest BCUT2D eigenvalue weighted by atomic mass is 9.81. The highest BCUT2D eigenvalue weighted by atomic mass is 127. The number of halogens is 3. The van der Waals surface area contributed by atoms with Crippen LogP contribution in [0.3, 0.4) is 0 Å². The Morgan fingerprint density at radius 1 is 1.31 bits per heavy atom. The minimum atomic E-state index is -0.976. The maximum atomic E-state index is 15.4. The van der Waals surface area contributed by atoms with Crippen LogP contribution in [0.25, 0.3) is 5.65 Å². The number of benzene rings is 1. The minimum absolute atomic E-state index is 0.0477. The highest BCUT2D eigenvalue weighted by molar-refractivity contribution is 14.1. The first-order valence-corrected chi connectivity index (χ1v) is 11.8. The molecule has 1 amide bonds. The molecular weight excluding hydrogens is 529 g/mol. The first kappa shape index (κ1) is 21.7. The summed E-state index contributed by atoms with van der Waals surface area (Å²) < 4.78 is 32.1. The number of carbonyl (C=O) groups is 1. The molecule has 2 N–H and O–H groups in total. The van der Waals surface area contributed by atoms with Gasteiger partial charge in [0.15, 0.2) is 11.5 Å². The maximum Gasteiger partial charge on any atom is 0.255 e. The molecule has 5 rings (SSSR count). The number of piperidine rings is 1. The van der Waals surface area contributed by atoms with Gasteiger partial charge in [-0.1, -0.05) is 12.5 Å². The summed E-state index contributed by atoms with van der Waals surface area (Å²) in [5.74, 6) is -1.45. The van der Waals surface area contributed by atoms with E-state index in [4.69, 9.17) is 0 Å². The van der Waals surface area contributed by atoms with Crippen LogP contribution in [0.15, 0.2) is 36.8 Å². The van der Waals surface area contributed by atoms with E-state index in [9.17, 15) is 14.3 Å². The summed E-state index contributed by atoms with van der Waals surface area (Å²) in [7, 11) is 0.